The largest absolute Gasteiger partial charge is 0.506 e. The van der Waals surface area contributed by atoms with Crippen molar-refractivity contribution in [1.29, 1.82) is 0 Å². The average Bonchev–Trinajstić information content (AvgIpc) is 2.56. The lowest BCUT2D eigenvalue weighted by molar-refractivity contribution is -0.113. The summed E-state index contributed by atoms with van der Waals surface area (Å²) in [5.74, 6) is -0.373. The third-order valence-electron chi connectivity index (χ3n) is 3.09. The van der Waals surface area contributed by atoms with Gasteiger partial charge in [-0.3, -0.25) is 4.79 Å². The molecule has 0 aromatic heterocycles. The lowest BCUT2D eigenvalue weighted by Crippen LogP contribution is -2.14. The predicted octanol–water partition coefficient (Wildman–Crippen LogP) is 2.92. The highest BCUT2D eigenvalue weighted by Crippen LogP contribution is 2.27. The van der Waals surface area contributed by atoms with Gasteiger partial charge in [-0.1, -0.05) is 25.1 Å². The van der Waals surface area contributed by atoms with Crippen LogP contribution in [0.2, 0.25) is 0 Å². The zero-order chi connectivity index (χ0) is 16.9. The highest BCUT2D eigenvalue weighted by molar-refractivity contribution is 8.00. The molecule has 0 saturated carbocycles. The predicted molar refractivity (Wildman–Crippen MR) is 91.6 cm³/mol. The summed E-state index contributed by atoms with van der Waals surface area (Å²) in [5, 5.41) is 12.3. The van der Waals surface area contributed by atoms with E-state index in [4.69, 9.17) is 0 Å². The first-order chi connectivity index (χ1) is 10.9. The third kappa shape index (κ3) is 4.74. The number of carbonyl (C=O) groups excluding carboxylic acids is 1. The first-order valence-electron chi connectivity index (χ1n) is 6.96. The standard InChI is InChI=1S/C16H17NO4S2/c1-2-23(20,21)13-8-9-15(18)14(10-13)17-16(19)11-22-12-6-4-3-5-7-12/h3-10,18H,2,11H2,1H3,(H,17,19). The second-order valence-electron chi connectivity index (χ2n) is 4.73. The number of sulfone groups is 1. The van der Waals surface area contributed by atoms with Crippen molar-refractivity contribution >= 4 is 33.2 Å². The van der Waals surface area contributed by atoms with Crippen molar-refractivity contribution in [2.45, 2.75) is 16.7 Å². The van der Waals surface area contributed by atoms with E-state index in [2.05, 4.69) is 5.32 Å². The van der Waals surface area contributed by atoms with Gasteiger partial charge in [-0.2, -0.15) is 0 Å². The highest BCUT2D eigenvalue weighted by Gasteiger charge is 2.15. The maximum absolute atomic E-state index is 12.0. The first kappa shape index (κ1) is 17.4. The minimum Gasteiger partial charge on any atom is -0.506 e. The molecule has 5 nitrogen and oxygen atoms in total. The summed E-state index contributed by atoms with van der Waals surface area (Å²) in [5.41, 5.74) is 0.0955. The maximum atomic E-state index is 12.0. The van der Waals surface area contributed by atoms with E-state index in [-0.39, 0.29) is 33.7 Å². The third-order valence-corrected chi connectivity index (χ3v) is 5.84. The number of hydrogen-bond acceptors (Lipinski definition) is 5. The molecule has 2 rings (SSSR count). The Bertz CT molecular complexity index is 789. The quantitative estimate of drug-likeness (QED) is 0.617. The smallest absolute Gasteiger partial charge is 0.234 e. The fraction of sp³-hybridized carbons (Fsp3) is 0.188. The summed E-state index contributed by atoms with van der Waals surface area (Å²) in [7, 11) is -3.40. The van der Waals surface area contributed by atoms with Crippen LogP contribution in [0.25, 0.3) is 0 Å². The summed E-state index contributed by atoms with van der Waals surface area (Å²) >= 11 is 1.36. The molecule has 23 heavy (non-hydrogen) atoms. The summed E-state index contributed by atoms with van der Waals surface area (Å²) in [6.07, 6.45) is 0. The fourth-order valence-corrected chi connectivity index (χ4v) is 3.45. The van der Waals surface area contributed by atoms with Crippen LogP contribution in [0, 0.1) is 0 Å². The lowest BCUT2D eigenvalue weighted by atomic mass is 10.3. The van der Waals surface area contributed by atoms with Crippen molar-refractivity contribution in [3.8, 4) is 5.75 Å². The van der Waals surface area contributed by atoms with Gasteiger partial charge in [0.1, 0.15) is 5.75 Å². The summed E-state index contributed by atoms with van der Waals surface area (Å²) < 4.78 is 23.7. The Kier molecular flexibility index (Phi) is 5.68. The number of anilines is 1. The maximum Gasteiger partial charge on any atom is 0.234 e. The Morgan fingerprint density at radius 3 is 2.52 bits per heavy atom. The molecule has 0 saturated heterocycles. The molecular formula is C16H17NO4S2. The van der Waals surface area contributed by atoms with Gasteiger partial charge in [-0.15, -0.1) is 11.8 Å². The van der Waals surface area contributed by atoms with Crippen LogP contribution in [0.4, 0.5) is 5.69 Å². The summed E-state index contributed by atoms with van der Waals surface area (Å²) in [6, 6.07) is 13.3. The van der Waals surface area contributed by atoms with Crippen LogP contribution in [0.1, 0.15) is 6.92 Å². The molecule has 122 valence electrons. The Balaban J connectivity index is 2.07. The van der Waals surface area contributed by atoms with Crippen LogP contribution in [0.3, 0.4) is 0 Å². The number of phenolic OH excluding ortho intramolecular Hbond substituents is 1. The van der Waals surface area contributed by atoms with E-state index in [0.29, 0.717) is 0 Å². The van der Waals surface area contributed by atoms with Crippen LogP contribution < -0.4 is 5.32 Å². The number of thioether (sulfide) groups is 1. The van der Waals surface area contributed by atoms with Crippen molar-refractivity contribution in [1.82, 2.24) is 0 Å². The van der Waals surface area contributed by atoms with Crippen LogP contribution in [-0.2, 0) is 14.6 Å². The molecule has 0 unspecified atom stereocenters. The summed E-state index contributed by atoms with van der Waals surface area (Å²) in [4.78, 5) is 13.0. The van der Waals surface area contributed by atoms with E-state index in [1.807, 2.05) is 30.3 Å². The van der Waals surface area contributed by atoms with Gasteiger partial charge in [0.05, 0.1) is 22.1 Å². The van der Waals surface area contributed by atoms with Crippen LogP contribution in [0.15, 0.2) is 58.3 Å². The Morgan fingerprint density at radius 2 is 1.87 bits per heavy atom. The minimum absolute atomic E-state index is 0.0466. The van der Waals surface area contributed by atoms with Crippen LogP contribution in [-0.4, -0.2) is 30.9 Å². The zero-order valence-electron chi connectivity index (χ0n) is 12.5. The van der Waals surface area contributed by atoms with E-state index in [1.165, 1.54) is 36.9 Å². The molecular weight excluding hydrogens is 334 g/mol. The molecule has 0 aliphatic heterocycles. The second-order valence-corrected chi connectivity index (χ2v) is 8.06. The van der Waals surface area contributed by atoms with Crippen molar-refractivity contribution < 1.29 is 18.3 Å². The van der Waals surface area contributed by atoms with Gasteiger partial charge in [0.15, 0.2) is 9.84 Å². The zero-order valence-corrected chi connectivity index (χ0v) is 14.2. The van der Waals surface area contributed by atoms with Crippen LogP contribution in [0.5, 0.6) is 5.75 Å². The molecule has 0 aliphatic carbocycles. The molecule has 2 aromatic carbocycles. The average molecular weight is 351 g/mol. The Labute approximate surface area is 139 Å². The van der Waals surface area contributed by atoms with Gasteiger partial charge < -0.3 is 10.4 Å². The normalized spacial score (nSPS) is 11.2. The Hall–Kier alpha value is -1.99. The Morgan fingerprint density at radius 1 is 1.17 bits per heavy atom. The number of nitrogens with one attached hydrogen (secondary N) is 1. The monoisotopic (exact) mass is 351 g/mol. The first-order valence-corrected chi connectivity index (χ1v) is 9.59. The number of amides is 1. The fourth-order valence-electron chi connectivity index (χ4n) is 1.83. The van der Waals surface area contributed by atoms with E-state index < -0.39 is 9.84 Å². The van der Waals surface area contributed by atoms with Gasteiger partial charge >= 0.3 is 0 Å². The summed E-state index contributed by atoms with van der Waals surface area (Å²) in [6.45, 7) is 1.54. The molecule has 0 heterocycles. The van der Waals surface area contributed by atoms with E-state index >= 15 is 0 Å². The van der Waals surface area contributed by atoms with Gasteiger partial charge in [0.25, 0.3) is 0 Å². The molecule has 0 aliphatic rings. The van der Waals surface area contributed by atoms with Crippen molar-refractivity contribution in [3.63, 3.8) is 0 Å². The number of hydrogen-bond donors (Lipinski definition) is 2. The molecule has 7 heteroatoms. The number of rotatable bonds is 6. The van der Waals surface area contributed by atoms with Gasteiger partial charge in [-0.25, -0.2) is 8.42 Å². The topological polar surface area (TPSA) is 83.5 Å². The molecule has 1 amide bonds. The van der Waals surface area contributed by atoms with Gasteiger partial charge in [0.2, 0.25) is 5.91 Å². The molecule has 0 atom stereocenters. The number of aromatic hydroxyl groups is 1. The van der Waals surface area contributed by atoms with E-state index in [1.54, 1.807) is 0 Å². The van der Waals surface area contributed by atoms with Crippen molar-refractivity contribution in [2.24, 2.45) is 0 Å². The lowest BCUT2D eigenvalue weighted by Gasteiger charge is -2.09. The number of benzene rings is 2. The number of carbonyl (C=O) groups is 1. The van der Waals surface area contributed by atoms with Crippen molar-refractivity contribution in [2.75, 3.05) is 16.8 Å². The number of phenols is 1. The molecule has 0 spiro atoms. The molecule has 0 fully saturated rings. The van der Waals surface area contributed by atoms with Crippen LogP contribution >= 0.6 is 11.8 Å². The SMILES string of the molecule is CCS(=O)(=O)c1ccc(O)c(NC(=O)CSc2ccccc2)c1. The molecule has 2 aromatic rings. The van der Waals surface area contributed by atoms with Gasteiger partial charge in [0, 0.05) is 4.90 Å². The molecule has 2 N–H and O–H groups in total. The minimum atomic E-state index is -3.40. The highest BCUT2D eigenvalue weighted by atomic mass is 32.2. The van der Waals surface area contributed by atoms with Crippen molar-refractivity contribution in [3.05, 3.63) is 48.5 Å². The van der Waals surface area contributed by atoms with E-state index in [0.717, 1.165) is 4.90 Å². The molecule has 0 bridgehead atoms. The molecule has 0 radical (unpaired) electrons. The second kappa shape index (κ2) is 7.52. The van der Waals surface area contributed by atoms with Gasteiger partial charge in [-0.05, 0) is 30.3 Å². The van der Waals surface area contributed by atoms with E-state index in [9.17, 15) is 18.3 Å².